The van der Waals surface area contributed by atoms with Crippen LogP contribution < -0.4 is 14.9 Å². The highest BCUT2D eigenvalue weighted by Crippen LogP contribution is 2.31. The number of hydrazone groups is 1. The summed E-state index contributed by atoms with van der Waals surface area (Å²) < 4.78 is 16.8. The number of nitrogens with one attached hydrogen (secondary N) is 1. The lowest BCUT2D eigenvalue weighted by molar-refractivity contribution is 0.0929. The van der Waals surface area contributed by atoms with Gasteiger partial charge < -0.3 is 13.9 Å². The summed E-state index contributed by atoms with van der Waals surface area (Å²) in [5.41, 5.74) is 3.73. The van der Waals surface area contributed by atoms with Gasteiger partial charge in [0.15, 0.2) is 17.3 Å². The molecule has 3 rings (SSSR count). The predicted molar refractivity (Wildman–Crippen MR) is 110 cm³/mol. The first kappa shape index (κ1) is 19.8. The number of fused-ring (bicyclic) bond motifs is 1. The fraction of sp³-hybridized carbons (Fsp3) is 0.238. The van der Waals surface area contributed by atoms with Crippen LogP contribution in [0, 0.1) is 0 Å². The summed E-state index contributed by atoms with van der Waals surface area (Å²) in [5.74, 6) is 0.868. The molecule has 3 aromatic rings. The van der Waals surface area contributed by atoms with Gasteiger partial charge in [-0.25, -0.2) is 5.43 Å². The molecule has 0 bridgehead atoms. The molecule has 7 heteroatoms. The van der Waals surface area contributed by atoms with E-state index in [2.05, 4.69) is 10.5 Å². The third kappa shape index (κ3) is 4.46. The second-order valence-corrected chi connectivity index (χ2v) is 6.64. The zero-order valence-electron chi connectivity index (χ0n) is 15.9. The van der Waals surface area contributed by atoms with Gasteiger partial charge in [0, 0.05) is 16.0 Å². The van der Waals surface area contributed by atoms with E-state index >= 15 is 0 Å². The van der Waals surface area contributed by atoms with Crippen molar-refractivity contribution in [2.75, 3.05) is 7.11 Å². The van der Waals surface area contributed by atoms with Crippen LogP contribution >= 0.6 is 11.6 Å². The van der Waals surface area contributed by atoms with E-state index < -0.39 is 5.91 Å². The zero-order chi connectivity index (χ0) is 20.1. The molecule has 0 unspecified atom stereocenters. The van der Waals surface area contributed by atoms with E-state index in [-0.39, 0.29) is 11.9 Å². The Morgan fingerprint density at radius 2 is 2.14 bits per heavy atom. The Labute approximate surface area is 168 Å². The average molecular weight is 401 g/mol. The maximum absolute atomic E-state index is 12.3. The highest BCUT2D eigenvalue weighted by Gasteiger charge is 2.14. The molecule has 28 heavy (non-hydrogen) atoms. The number of carbonyl (C=O) groups excluding carboxylic acids is 1. The van der Waals surface area contributed by atoms with Crippen molar-refractivity contribution >= 4 is 34.7 Å². The van der Waals surface area contributed by atoms with Gasteiger partial charge in [0.25, 0.3) is 0 Å². The standard InChI is InChI=1S/C21H21ClN2O4/c1-4-13(2)27-20-14(6-5-7-18(20)26-3)12-23-24-21(25)19-11-15-10-16(22)8-9-17(15)28-19/h5-13H,4H2,1-3H3,(H,24,25)/b23-12+/t13-/m0/s1. The van der Waals surface area contributed by atoms with Crippen molar-refractivity contribution in [3.63, 3.8) is 0 Å². The summed E-state index contributed by atoms with van der Waals surface area (Å²) >= 11 is 5.96. The molecule has 1 N–H and O–H groups in total. The molecule has 0 aliphatic heterocycles. The van der Waals surface area contributed by atoms with Crippen LogP contribution in [0.3, 0.4) is 0 Å². The lowest BCUT2D eigenvalue weighted by Gasteiger charge is -2.17. The Bertz CT molecular complexity index is 1010. The number of hydrogen-bond donors (Lipinski definition) is 1. The molecule has 0 radical (unpaired) electrons. The Hall–Kier alpha value is -2.99. The summed E-state index contributed by atoms with van der Waals surface area (Å²) in [5, 5.41) is 5.35. The number of hydrogen-bond acceptors (Lipinski definition) is 5. The molecular formula is C21H21ClN2O4. The van der Waals surface area contributed by atoms with E-state index in [4.69, 9.17) is 25.5 Å². The van der Waals surface area contributed by atoms with Crippen molar-refractivity contribution in [1.82, 2.24) is 5.43 Å². The van der Waals surface area contributed by atoms with Crippen LogP contribution in [0.25, 0.3) is 11.0 Å². The highest BCUT2D eigenvalue weighted by atomic mass is 35.5. The van der Waals surface area contributed by atoms with Crippen LogP contribution in [0.15, 0.2) is 52.0 Å². The molecule has 1 aromatic heterocycles. The first-order chi connectivity index (χ1) is 13.5. The van der Waals surface area contributed by atoms with Gasteiger partial charge in [-0.05, 0) is 49.7 Å². The summed E-state index contributed by atoms with van der Waals surface area (Å²) in [4.78, 5) is 12.3. The average Bonchev–Trinajstić information content (AvgIpc) is 3.12. The molecule has 1 atom stereocenters. The van der Waals surface area contributed by atoms with Gasteiger partial charge in [0.2, 0.25) is 0 Å². The van der Waals surface area contributed by atoms with Crippen molar-refractivity contribution < 1.29 is 18.7 Å². The monoisotopic (exact) mass is 400 g/mol. The topological polar surface area (TPSA) is 73.1 Å². The number of nitrogens with zero attached hydrogens (tertiary/aromatic N) is 1. The third-order valence-corrected chi connectivity index (χ3v) is 4.43. The summed E-state index contributed by atoms with van der Waals surface area (Å²) in [6.45, 7) is 4.01. The second kappa shape index (κ2) is 8.80. The van der Waals surface area contributed by atoms with Gasteiger partial charge in [0.05, 0.1) is 19.4 Å². The van der Waals surface area contributed by atoms with Gasteiger partial charge in [0.1, 0.15) is 5.58 Å². The number of para-hydroxylation sites is 1. The van der Waals surface area contributed by atoms with Crippen LogP contribution in [0.2, 0.25) is 5.02 Å². The molecule has 2 aromatic carbocycles. The quantitative estimate of drug-likeness (QED) is 0.445. The molecule has 146 valence electrons. The van der Waals surface area contributed by atoms with Crippen LogP contribution in [-0.4, -0.2) is 25.3 Å². The van der Waals surface area contributed by atoms with E-state index in [1.54, 1.807) is 31.4 Å². The smallest absolute Gasteiger partial charge is 0.307 e. The molecule has 0 spiro atoms. The minimum absolute atomic E-state index is 0.0143. The van der Waals surface area contributed by atoms with E-state index in [0.29, 0.717) is 27.7 Å². The summed E-state index contributed by atoms with van der Waals surface area (Å²) in [6.07, 6.45) is 2.37. The lowest BCUT2D eigenvalue weighted by atomic mass is 10.2. The lowest BCUT2D eigenvalue weighted by Crippen LogP contribution is -2.17. The highest BCUT2D eigenvalue weighted by molar-refractivity contribution is 6.31. The molecule has 0 saturated heterocycles. The number of carbonyl (C=O) groups is 1. The van der Waals surface area contributed by atoms with Crippen LogP contribution in [0.4, 0.5) is 0 Å². The fourth-order valence-corrected chi connectivity index (χ4v) is 2.73. The van der Waals surface area contributed by atoms with E-state index in [0.717, 1.165) is 11.8 Å². The number of methoxy groups -OCH3 is 1. The maximum Gasteiger partial charge on any atom is 0.307 e. The Morgan fingerprint density at radius 1 is 1.32 bits per heavy atom. The van der Waals surface area contributed by atoms with Crippen LogP contribution in [-0.2, 0) is 0 Å². The molecule has 6 nitrogen and oxygen atoms in total. The van der Waals surface area contributed by atoms with E-state index in [1.165, 1.54) is 6.21 Å². The Balaban J connectivity index is 1.77. The molecule has 0 aliphatic rings. The molecular weight excluding hydrogens is 380 g/mol. The van der Waals surface area contributed by atoms with Crippen molar-refractivity contribution in [1.29, 1.82) is 0 Å². The van der Waals surface area contributed by atoms with Gasteiger partial charge >= 0.3 is 5.91 Å². The van der Waals surface area contributed by atoms with Gasteiger partial charge in [-0.15, -0.1) is 0 Å². The summed E-state index contributed by atoms with van der Waals surface area (Å²) in [7, 11) is 1.58. The minimum atomic E-state index is -0.462. The number of halogens is 1. The van der Waals surface area contributed by atoms with Gasteiger partial charge in [-0.1, -0.05) is 24.6 Å². The molecule has 0 aliphatic carbocycles. The van der Waals surface area contributed by atoms with Gasteiger partial charge in [-0.2, -0.15) is 5.10 Å². The summed E-state index contributed by atoms with van der Waals surface area (Å²) in [6, 6.07) is 12.2. The SMILES string of the molecule is CC[C@H](C)Oc1c(/C=N/NC(=O)c2cc3cc(Cl)ccc3o2)cccc1OC. The fourth-order valence-electron chi connectivity index (χ4n) is 2.55. The number of furan rings is 1. The van der Waals surface area contributed by atoms with Gasteiger partial charge in [-0.3, -0.25) is 4.79 Å². The number of ether oxygens (including phenoxy) is 2. The van der Waals surface area contributed by atoms with Crippen molar-refractivity contribution in [3.05, 3.63) is 58.8 Å². The maximum atomic E-state index is 12.3. The Kier molecular flexibility index (Phi) is 6.21. The first-order valence-corrected chi connectivity index (χ1v) is 9.25. The number of amides is 1. The van der Waals surface area contributed by atoms with Crippen LogP contribution in [0.5, 0.6) is 11.5 Å². The van der Waals surface area contributed by atoms with Crippen LogP contribution in [0.1, 0.15) is 36.4 Å². The second-order valence-electron chi connectivity index (χ2n) is 6.21. The first-order valence-electron chi connectivity index (χ1n) is 8.88. The molecule has 0 fully saturated rings. The molecule has 0 saturated carbocycles. The van der Waals surface area contributed by atoms with E-state index in [9.17, 15) is 4.79 Å². The molecule has 1 amide bonds. The molecule has 1 heterocycles. The van der Waals surface area contributed by atoms with Crippen molar-refractivity contribution in [3.8, 4) is 11.5 Å². The number of benzene rings is 2. The van der Waals surface area contributed by atoms with Crippen molar-refractivity contribution in [2.24, 2.45) is 5.10 Å². The van der Waals surface area contributed by atoms with Crippen molar-refractivity contribution in [2.45, 2.75) is 26.4 Å². The minimum Gasteiger partial charge on any atom is -0.493 e. The predicted octanol–water partition coefficient (Wildman–Crippen LogP) is 5.04. The normalized spacial score (nSPS) is 12.3. The largest absolute Gasteiger partial charge is 0.493 e. The zero-order valence-corrected chi connectivity index (χ0v) is 16.6. The third-order valence-electron chi connectivity index (χ3n) is 4.20. The van der Waals surface area contributed by atoms with E-state index in [1.807, 2.05) is 32.0 Å². The Morgan fingerprint density at radius 3 is 2.89 bits per heavy atom. The number of rotatable bonds is 7.